The Labute approximate surface area is 119 Å². The molecule has 0 aliphatic carbocycles. The zero-order valence-corrected chi connectivity index (χ0v) is 12.9. The Kier molecular flexibility index (Phi) is 3.97. The van der Waals surface area contributed by atoms with Crippen LogP contribution in [0.3, 0.4) is 0 Å². The number of hydrogen-bond donors (Lipinski definition) is 1. The van der Waals surface area contributed by atoms with Gasteiger partial charge in [0.15, 0.2) is 19.7 Å². The van der Waals surface area contributed by atoms with Gasteiger partial charge >= 0.3 is 0 Å². The number of sulfone groups is 2. The average Bonchev–Trinajstić information content (AvgIpc) is 2.49. The Morgan fingerprint density at radius 3 is 2.50 bits per heavy atom. The molecule has 20 heavy (non-hydrogen) atoms. The van der Waals surface area contributed by atoms with Crippen LogP contribution in [0.1, 0.15) is 6.42 Å². The van der Waals surface area contributed by atoms with E-state index in [1.165, 1.54) is 12.1 Å². The van der Waals surface area contributed by atoms with Gasteiger partial charge in [-0.1, -0.05) is 0 Å². The maximum Gasteiger partial charge on any atom is 0.175 e. The Balaban J connectivity index is 2.30. The van der Waals surface area contributed by atoms with Crippen molar-refractivity contribution in [3.05, 3.63) is 18.2 Å². The van der Waals surface area contributed by atoms with E-state index in [1.807, 2.05) is 4.90 Å². The van der Waals surface area contributed by atoms with Crippen molar-refractivity contribution in [2.45, 2.75) is 11.3 Å². The molecule has 1 aromatic rings. The first kappa shape index (κ1) is 15.1. The molecule has 0 unspecified atom stereocenters. The molecule has 1 aliphatic heterocycles. The minimum absolute atomic E-state index is 0.0975. The molecule has 0 saturated carbocycles. The quantitative estimate of drug-likeness (QED) is 0.788. The molecule has 0 bridgehead atoms. The Morgan fingerprint density at radius 2 is 1.90 bits per heavy atom. The van der Waals surface area contributed by atoms with Gasteiger partial charge in [0.25, 0.3) is 0 Å². The molecule has 8 heteroatoms. The van der Waals surface area contributed by atoms with Crippen molar-refractivity contribution in [3.8, 4) is 0 Å². The third-order valence-electron chi connectivity index (χ3n) is 3.32. The number of nitrogens with zero attached hydrogens (tertiary/aromatic N) is 1. The van der Waals surface area contributed by atoms with Gasteiger partial charge in [-0.05, 0) is 24.6 Å². The summed E-state index contributed by atoms with van der Waals surface area (Å²) in [5.41, 5.74) is 6.96. The molecular weight excluding hydrogens is 300 g/mol. The monoisotopic (exact) mass is 318 g/mol. The van der Waals surface area contributed by atoms with E-state index in [-0.39, 0.29) is 16.4 Å². The van der Waals surface area contributed by atoms with Crippen molar-refractivity contribution >= 4 is 31.0 Å². The summed E-state index contributed by atoms with van der Waals surface area (Å²) in [7, 11) is -6.28. The second kappa shape index (κ2) is 5.25. The fraction of sp³-hybridized carbons (Fsp3) is 0.500. The molecule has 0 spiro atoms. The van der Waals surface area contributed by atoms with Gasteiger partial charge in [-0.3, -0.25) is 0 Å². The van der Waals surface area contributed by atoms with Gasteiger partial charge in [0, 0.05) is 19.3 Å². The van der Waals surface area contributed by atoms with E-state index in [9.17, 15) is 16.8 Å². The molecule has 2 N–H and O–H groups in total. The van der Waals surface area contributed by atoms with E-state index in [0.29, 0.717) is 30.9 Å². The lowest BCUT2D eigenvalue weighted by Gasteiger charge is -2.24. The average molecular weight is 318 g/mol. The third-order valence-corrected chi connectivity index (χ3v) is 6.15. The van der Waals surface area contributed by atoms with E-state index >= 15 is 0 Å². The lowest BCUT2D eigenvalue weighted by Crippen LogP contribution is -2.27. The largest absolute Gasteiger partial charge is 0.397 e. The normalized spacial score (nSPS) is 19.6. The molecule has 0 aromatic heterocycles. The molecule has 112 valence electrons. The number of rotatable bonds is 2. The summed E-state index contributed by atoms with van der Waals surface area (Å²) in [6, 6.07) is 4.56. The predicted octanol–water partition coefficient (Wildman–Crippen LogP) is 0.297. The highest BCUT2D eigenvalue weighted by Crippen LogP contribution is 2.27. The predicted molar refractivity (Wildman–Crippen MR) is 79.4 cm³/mol. The van der Waals surface area contributed by atoms with Crippen LogP contribution in [0.2, 0.25) is 0 Å². The number of anilines is 2. The second-order valence-electron chi connectivity index (χ2n) is 4.99. The van der Waals surface area contributed by atoms with Crippen LogP contribution >= 0.6 is 0 Å². The summed E-state index contributed by atoms with van der Waals surface area (Å²) >= 11 is 0. The van der Waals surface area contributed by atoms with Gasteiger partial charge in [0.05, 0.1) is 27.8 Å². The van der Waals surface area contributed by atoms with Gasteiger partial charge in [-0.15, -0.1) is 0 Å². The van der Waals surface area contributed by atoms with Gasteiger partial charge in [0.2, 0.25) is 0 Å². The van der Waals surface area contributed by atoms with E-state index in [2.05, 4.69) is 0 Å². The SMILES string of the molecule is CS(=O)(=O)c1ccc(N2CCCS(=O)(=O)CC2)c(N)c1. The molecule has 1 fully saturated rings. The molecule has 6 nitrogen and oxygen atoms in total. The van der Waals surface area contributed by atoms with Crippen molar-refractivity contribution in [1.29, 1.82) is 0 Å². The highest BCUT2D eigenvalue weighted by Gasteiger charge is 2.21. The molecule has 1 aliphatic rings. The minimum atomic E-state index is -3.29. The van der Waals surface area contributed by atoms with Crippen molar-refractivity contribution in [2.24, 2.45) is 0 Å². The lowest BCUT2D eigenvalue weighted by molar-refractivity contribution is 0.596. The van der Waals surface area contributed by atoms with E-state index in [0.717, 1.165) is 6.26 Å². The van der Waals surface area contributed by atoms with Crippen molar-refractivity contribution in [2.75, 3.05) is 41.5 Å². The maximum atomic E-state index is 11.6. The Morgan fingerprint density at radius 1 is 1.20 bits per heavy atom. The van der Waals surface area contributed by atoms with Crippen LogP contribution in [0.4, 0.5) is 11.4 Å². The van der Waals surface area contributed by atoms with E-state index < -0.39 is 19.7 Å². The summed E-state index contributed by atoms with van der Waals surface area (Å²) < 4.78 is 46.1. The molecule has 0 radical (unpaired) electrons. The topological polar surface area (TPSA) is 97.5 Å². The fourth-order valence-corrected chi connectivity index (χ4v) is 4.16. The van der Waals surface area contributed by atoms with Crippen molar-refractivity contribution in [3.63, 3.8) is 0 Å². The molecule has 1 aromatic carbocycles. The summed E-state index contributed by atoms with van der Waals surface area (Å²) in [6.07, 6.45) is 1.68. The molecule has 0 atom stereocenters. The molecule has 1 heterocycles. The van der Waals surface area contributed by atoms with Crippen LogP contribution in [-0.2, 0) is 19.7 Å². The number of hydrogen-bond acceptors (Lipinski definition) is 6. The standard InChI is InChI=1S/C12H18N2O4S2/c1-19(15,16)10-3-4-12(11(13)9-10)14-5-2-7-20(17,18)8-6-14/h3-4,9H,2,5-8,13H2,1H3. The summed E-state index contributed by atoms with van der Waals surface area (Å²) in [5.74, 6) is 0.283. The number of benzene rings is 1. The van der Waals surface area contributed by atoms with Crippen LogP contribution in [0.15, 0.2) is 23.1 Å². The highest BCUT2D eigenvalue weighted by atomic mass is 32.2. The van der Waals surface area contributed by atoms with E-state index in [1.54, 1.807) is 6.07 Å². The van der Waals surface area contributed by atoms with Crippen LogP contribution in [0, 0.1) is 0 Å². The first-order chi connectivity index (χ1) is 9.19. The van der Waals surface area contributed by atoms with Gasteiger partial charge < -0.3 is 10.6 Å². The molecule has 2 rings (SSSR count). The fourth-order valence-electron chi connectivity index (χ4n) is 2.23. The van der Waals surface area contributed by atoms with Crippen molar-refractivity contribution in [1.82, 2.24) is 0 Å². The number of nitrogens with two attached hydrogens (primary N) is 1. The second-order valence-corrected chi connectivity index (χ2v) is 9.30. The van der Waals surface area contributed by atoms with Crippen LogP contribution in [-0.4, -0.2) is 47.7 Å². The van der Waals surface area contributed by atoms with E-state index in [4.69, 9.17) is 5.73 Å². The first-order valence-corrected chi connectivity index (χ1v) is 9.95. The molecule has 0 amide bonds. The molecular formula is C12H18N2O4S2. The maximum absolute atomic E-state index is 11.6. The van der Waals surface area contributed by atoms with Gasteiger partial charge in [0.1, 0.15) is 0 Å². The van der Waals surface area contributed by atoms with Gasteiger partial charge in [-0.25, -0.2) is 16.8 Å². The Bertz CT molecular complexity index is 711. The van der Waals surface area contributed by atoms with Crippen LogP contribution in [0.5, 0.6) is 0 Å². The zero-order chi connectivity index (χ0) is 15.0. The van der Waals surface area contributed by atoms with Crippen LogP contribution < -0.4 is 10.6 Å². The van der Waals surface area contributed by atoms with Crippen molar-refractivity contribution < 1.29 is 16.8 Å². The Hall–Kier alpha value is -1.28. The highest BCUT2D eigenvalue weighted by molar-refractivity contribution is 7.91. The smallest absolute Gasteiger partial charge is 0.175 e. The summed E-state index contributed by atoms with van der Waals surface area (Å²) in [4.78, 5) is 2.06. The minimum Gasteiger partial charge on any atom is -0.397 e. The first-order valence-electron chi connectivity index (χ1n) is 6.24. The summed E-state index contributed by atoms with van der Waals surface area (Å²) in [6.45, 7) is 0.979. The molecule has 1 saturated heterocycles. The van der Waals surface area contributed by atoms with Gasteiger partial charge in [-0.2, -0.15) is 0 Å². The van der Waals surface area contributed by atoms with Crippen LogP contribution in [0.25, 0.3) is 0 Å². The summed E-state index contributed by atoms with van der Waals surface area (Å²) in [5, 5.41) is 0. The number of nitrogen functional groups attached to an aromatic ring is 1. The lowest BCUT2D eigenvalue weighted by atomic mass is 10.2. The third kappa shape index (κ3) is 3.43. The zero-order valence-electron chi connectivity index (χ0n) is 11.2.